The molecule has 2 aromatic carbocycles. The van der Waals surface area contributed by atoms with Gasteiger partial charge in [-0.15, -0.1) is 5.10 Å². The molecule has 3 aromatic rings. The minimum atomic E-state index is -1.14. The topological polar surface area (TPSA) is 112 Å². The van der Waals surface area contributed by atoms with Gasteiger partial charge in [0, 0.05) is 26.1 Å². The second-order valence-electron chi connectivity index (χ2n) is 8.25. The summed E-state index contributed by atoms with van der Waals surface area (Å²) in [5.74, 6) is 6.21. The molecule has 0 spiro atoms. The van der Waals surface area contributed by atoms with Crippen molar-refractivity contribution in [2.45, 2.75) is 25.9 Å². The average molecular weight is 462 g/mol. The summed E-state index contributed by atoms with van der Waals surface area (Å²) < 4.78 is 5.81. The van der Waals surface area contributed by atoms with E-state index in [1.54, 1.807) is 46.1 Å². The van der Waals surface area contributed by atoms with Crippen molar-refractivity contribution in [2.75, 3.05) is 25.7 Å². The van der Waals surface area contributed by atoms with Gasteiger partial charge in [-0.3, -0.25) is 14.7 Å². The van der Waals surface area contributed by atoms with Crippen molar-refractivity contribution in [3.8, 4) is 17.6 Å². The highest BCUT2D eigenvalue weighted by molar-refractivity contribution is 5.90. The number of nitrogens with one attached hydrogen (secondary N) is 1. The Morgan fingerprint density at radius 1 is 1.21 bits per heavy atom. The lowest BCUT2D eigenvalue weighted by molar-refractivity contribution is -0.107. The smallest absolute Gasteiger partial charge is 0.295 e. The predicted molar refractivity (Wildman–Crippen MR) is 127 cm³/mol. The van der Waals surface area contributed by atoms with Crippen molar-refractivity contribution < 1.29 is 19.4 Å². The molecule has 34 heavy (non-hydrogen) atoms. The quantitative estimate of drug-likeness (QED) is 0.302. The first kappa shape index (κ1) is 24.5. The minimum Gasteiger partial charge on any atom is -0.471 e. The molecule has 0 aliphatic carbocycles. The van der Waals surface area contributed by atoms with E-state index in [4.69, 9.17) is 4.74 Å². The molecular formula is C25H27N5O4. The van der Waals surface area contributed by atoms with Gasteiger partial charge < -0.3 is 19.6 Å². The van der Waals surface area contributed by atoms with Gasteiger partial charge in [-0.05, 0) is 37.6 Å². The molecule has 2 N–H and O–H groups in total. The molecular weight excluding hydrogens is 434 g/mol. The lowest BCUT2D eigenvalue weighted by Crippen LogP contribution is -2.31. The molecule has 9 heteroatoms. The monoisotopic (exact) mass is 461 g/mol. The molecule has 0 saturated carbocycles. The molecule has 0 aliphatic rings. The van der Waals surface area contributed by atoms with E-state index >= 15 is 0 Å². The summed E-state index contributed by atoms with van der Waals surface area (Å²) in [7, 11) is 3.15. The van der Waals surface area contributed by atoms with Crippen molar-refractivity contribution in [3.63, 3.8) is 0 Å². The maximum Gasteiger partial charge on any atom is 0.295 e. The van der Waals surface area contributed by atoms with E-state index in [1.165, 1.54) is 9.80 Å². The number of amides is 2. The summed E-state index contributed by atoms with van der Waals surface area (Å²) in [6, 6.07) is 14.8. The van der Waals surface area contributed by atoms with Crippen LogP contribution in [-0.2, 0) is 11.2 Å². The first-order chi connectivity index (χ1) is 16.2. The molecule has 176 valence electrons. The molecule has 0 radical (unpaired) electrons. The van der Waals surface area contributed by atoms with Gasteiger partial charge in [0.2, 0.25) is 12.2 Å². The highest BCUT2D eigenvalue weighted by atomic mass is 16.5. The van der Waals surface area contributed by atoms with Gasteiger partial charge in [0.15, 0.2) is 6.73 Å². The SMILES string of the molecule is CN(COc1ccc(C#CC(C)(C)O)cc1N(C)C=O)C(=O)c1n[nH]c(Cc2ccccc2)n1. The maximum atomic E-state index is 12.7. The summed E-state index contributed by atoms with van der Waals surface area (Å²) in [5.41, 5.74) is 0.989. The number of aromatic nitrogens is 3. The number of carbonyl (C=O) groups excluding carboxylic acids is 2. The Labute approximate surface area is 198 Å². The average Bonchev–Trinajstić information content (AvgIpc) is 3.29. The summed E-state index contributed by atoms with van der Waals surface area (Å²) in [6.45, 7) is 3.08. The Kier molecular flexibility index (Phi) is 7.66. The van der Waals surface area contributed by atoms with E-state index in [2.05, 4.69) is 27.0 Å². The van der Waals surface area contributed by atoms with Crippen molar-refractivity contribution in [1.82, 2.24) is 20.1 Å². The van der Waals surface area contributed by atoms with Crippen LogP contribution in [0.25, 0.3) is 0 Å². The zero-order chi connectivity index (χ0) is 24.7. The fraction of sp³-hybridized carbons (Fsp3) is 0.280. The predicted octanol–water partition coefficient (Wildman–Crippen LogP) is 2.22. The number of aromatic amines is 1. The lowest BCUT2D eigenvalue weighted by Gasteiger charge is -2.20. The Morgan fingerprint density at radius 2 is 1.94 bits per heavy atom. The first-order valence-corrected chi connectivity index (χ1v) is 10.6. The van der Waals surface area contributed by atoms with Gasteiger partial charge in [0.1, 0.15) is 17.2 Å². The van der Waals surface area contributed by atoms with E-state index < -0.39 is 11.5 Å². The number of H-pyrrole nitrogens is 1. The number of anilines is 1. The number of hydrogen-bond acceptors (Lipinski definition) is 6. The van der Waals surface area contributed by atoms with Crippen molar-refractivity contribution in [1.29, 1.82) is 0 Å². The number of ether oxygens (including phenoxy) is 1. The standard InChI is InChI=1S/C25H27N5O4/c1-25(2,33)13-12-19-10-11-21(20(14-19)29(3)16-31)34-17-30(4)24(32)23-26-22(27-28-23)15-18-8-6-5-7-9-18/h5-11,14,16,33H,15,17H2,1-4H3,(H,26,27,28). The van der Waals surface area contributed by atoms with Gasteiger partial charge in [0.05, 0.1) is 5.69 Å². The zero-order valence-corrected chi connectivity index (χ0v) is 19.6. The molecule has 0 atom stereocenters. The molecule has 1 heterocycles. The third-order valence-corrected chi connectivity index (χ3v) is 4.71. The molecule has 0 fully saturated rings. The second-order valence-corrected chi connectivity index (χ2v) is 8.25. The normalized spacial score (nSPS) is 10.7. The van der Waals surface area contributed by atoms with Crippen LogP contribution in [0, 0.1) is 11.8 Å². The number of rotatable bonds is 8. The number of hydrogen-bond donors (Lipinski definition) is 2. The van der Waals surface area contributed by atoms with Gasteiger partial charge in [-0.1, -0.05) is 42.2 Å². The molecule has 1 aromatic heterocycles. The third kappa shape index (κ3) is 6.67. The van der Waals surface area contributed by atoms with Gasteiger partial charge in [-0.2, -0.15) is 0 Å². The minimum absolute atomic E-state index is 0.0412. The Morgan fingerprint density at radius 3 is 2.62 bits per heavy atom. The van der Waals surface area contributed by atoms with Crippen LogP contribution in [0.5, 0.6) is 5.75 Å². The van der Waals surface area contributed by atoms with E-state index in [1.807, 2.05) is 30.3 Å². The highest BCUT2D eigenvalue weighted by Gasteiger charge is 2.19. The van der Waals surface area contributed by atoms with E-state index in [0.29, 0.717) is 35.7 Å². The van der Waals surface area contributed by atoms with Crippen LogP contribution >= 0.6 is 0 Å². The van der Waals surface area contributed by atoms with E-state index in [0.717, 1.165) is 5.56 Å². The molecule has 9 nitrogen and oxygen atoms in total. The molecule has 3 rings (SSSR count). The van der Waals surface area contributed by atoms with Gasteiger partial charge in [-0.25, -0.2) is 4.98 Å². The Balaban J connectivity index is 1.68. The van der Waals surface area contributed by atoms with E-state index in [9.17, 15) is 14.7 Å². The maximum absolute atomic E-state index is 12.7. The molecule has 0 bridgehead atoms. The first-order valence-electron chi connectivity index (χ1n) is 10.6. The van der Waals surface area contributed by atoms with Crippen LogP contribution in [0.4, 0.5) is 5.69 Å². The van der Waals surface area contributed by atoms with Crippen LogP contribution in [-0.4, -0.2) is 63.9 Å². The van der Waals surface area contributed by atoms with Crippen molar-refractivity contribution in [3.05, 3.63) is 71.3 Å². The largest absolute Gasteiger partial charge is 0.471 e. The van der Waals surface area contributed by atoms with Crippen molar-refractivity contribution >= 4 is 18.0 Å². The fourth-order valence-corrected chi connectivity index (χ4v) is 2.93. The summed E-state index contributed by atoms with van der Waals surface area (Å²) >= 11 is 0. The zero-order valence-electron chi connectivity index (χ0n) is 19.6. The number of benzene rings is 2. The van der Waals surface area contributed by atoms with Crippen LogP contribution in [0.3, 0.4) is 0 Å². The Bertz CT molecular complexity index is 1210. The number of aliphatic hydroxyl groups is 1. The van der Waals surface area contributed by atoms with Gasteiger partial charge in [0.25, 0.3) is 5.91 Å². The number of carbonyl (C=O) groups is 2. The van der Waals surface area contributed by atoms with Crippen LogP contribution in [0.2, 0.25) is 0 Å². The third-order valence-electron chi connectivity index (χ3n) is 4.71. The summed E-state index contributed by atoms with van der Waals surface area (Å²) in [5, 5.41) is 16.6. The van der Waals surface area contributed by atoms with E-state index in [-0.39, 0.29) is 12.6 Å². The summed E-state index contributed by atoms with van der Waals surface area (Å²) in [4.78, 5) is 31.1. The molecule has 2 amide bonds. The van der Waals surface area contributed by atoms with Crippen molar-refractivity contribution in [2.24, 2.45) is 0 Å². The second kappa shape index (κ2) is 10.6. The van der Waals surface area contributed by atoms with Gasteiger partial charge >= 0.3 is 0 Å². The highest BCUT2D eigenvalue weighted by Crippen LogP contribution is 2.28. The summed E-state index contributed by atoms with van der Waals surface area (Å²) in [6.07, 6.45) is 1.18. The Hall–Kier alpha value is -4.16. The number of nitrogens with zero attached hydrogens (tertiary/aromatic N) is 4. The van der Waals surface area contributed by atoms with Crippen LogP contribution in [0.1, 0.15) is 41.4 Å². The molecule has 0 unspecified atom stereocenters. The fourth-order valence-electron chi connectivity index (χ4n) is 2.93. The molecule has 0 saturated heterocycles. The lowest BCUT2D eigenvalue weighted by atomic mass is 10.1. The van der Waals surface area contributed by atoms with Crippen LogP contribution < -0.4 is 9.64 Å². The van der Waals surface area contributed by atoms with Crippen LogP contribution in [0.15, 0.2) is 48.5 Å². The molecule has 0 aliphatic heterocycles.